The third-order valence-corrected chi connectivity index (χ3v) is 15.2. The first-order chi connectivity index (χ1) is 40.2. The summed E-state index contributed by atoms with van der Waals surface area (Å²) in [5.41, 5.74) is 9.18. The Morgan fingerprint density at radius 2 is 0.695 bits per heavy atom. The van der Waals surface area contributed by atoms with E-state index in [-0.39, 0.29) is 11.8 Å². The van der Waals surface area contributed by atoms with Gasteiger partial charge in [0.1, 0.15) is 11.5 Å². The van der Waals surface area contributed by atoms with Gasteiger partial charge in [0.25, 0.3) is 0 Å². The molecule has 412 valence electrons. The van der Waals surface area contributed by atoms with Crippen molar-refractivity contribution in [2.75, 3.05) is 10.6 Å². The molecule has 0 heterocycles. The van der Waals surface area contributed by atoms with Crippen LogP contribution < -0.4 is 20.1 Å². The number of amides is 2. The molecular formula is C74H70N2O6. The second-order valence-corrected chi connectivity index (χ2v) is 21.1. The number of hydrogen-bond donors (Lipinski definition) is 2. The Hall–Kier alpha value is -9.24. The van der Waals surface area contributed by atoms with Gasteiger partial charge in [-0.1, -0.05) is 174 Å². The summed E-state index contributed by atoms with van der Waals surface area (Å²) in [6, 6.07) is 63.6. The third-order valence-electron chi connectivity index (χ3n) is 15.2. The highest BCUT2D eigenvalue weighted by molar-refractivity contribution is 6.01. The lowest BCUT2D eigenvalue weighted by Crippen LogP contribution is -2.53. The average Bonchev–Trinajstić information content (AvgIpc) is 1.90. The number of anilines is 2. The molecule has 0 saturated heterocycles. The highest BCUT2D eigenvalue weighted by Crippen LogP contribution is 2.58. The lowest BCUT2D eigenvalue weighted by Gasteiger charge is -2.50. The maximum Gasteiger partial charge on any atom is 0.343 e. The van der Waals surface area contributed by atoms with Crippen LogP contribution in [-0.4, -0.2) is 23.8 Å². The van der Waals surface area contributed by atoms with Gasteiger partial charge in [-0.15, -0.1) is 0 Å². The quantitative estimate of drug-likeness (QED) is 0.0303. The van der Waals surface area contributed by atoms with Gasteiger partial charge in [-0.2, -0.15) is 0 Å². The topological polar surface area (TPSA) is 111 Å². The summed E-state index contributed by atoms with van der Waals surface area (Å²) >= 11 is 0. The minimum atomic E-state index is -0.763. The van der Waals surface area contributed by atoms with E-state index in [2.05, 4.69) is 48.2 Å². The fourth-order valence-electron chi connectivity index (χ4n) is 10.6. The van der Waals surface area contributed by atoms with Crippen LogP contribution in [0.3, 0.4) is 0 Å². The summed E-state index contributed by atoms with van der Waals surface area (Å²) in [7, 11) is 0. The second-order valence-electron chi connectivity index (χ2n) is 21.1. The van der Waals surface area contributed by atoms with Gasteiger partial charge in [0.15, 0.2) is 0 Å². The molecule has 1 saturated carbocycles. The van der Waals surface area contributed by atoms with E-state index >= 15 is 9.59 Å². The monoisotopic (exact) mass is 1080 g/mol. The number of hydrogen-bond acceptors (Lipinski definition) is 6. The van der Waals surface area contributed by atoms with Crippen molar-refractivity contribution in [1.29, 1.82) is 0 Å². The van der Waals surface area contributed by atoms with Gasteiger partial charge in [-0.3, -0.25) is 9.59 Å². The van der Waals surface area contributed by atoms with Crippen LogP contribution in [0, 0.1) is 35.5 Å². The molecule has 0 radical (unpaired) electrons. The van der Waals surface area contributed by atoms with E-state index in [1.54, 1.807) is 24.3 Å². The molecule has 8 heteroatoms. The van der Waals surface area contributed by atoms with Gasteiger partial charge in [0.2, 0.25) is 11.8 Å². The van der Waals surface area contributed by atoms with Crippen molar-refractivity contribution < 1.29 is 28.7 Å². The molecule has 2 amide bonds. The van der Waals surface area contributed by atoms with E-state index in [1.807, 2.05) is 182 Å². The second kappa shape index (κ2) is 29.3. The van der Waals surface area contributed by atoms with Gasteiger partial charge in [-0.25, -0.2) is 9.59 Å². The number of nitrogens with one attached hydrogen (secondary N) is 2. The van der Waals surface area contributed by atoms with E-state index in [4.69, 9.17) is 9.47 Å². The molecule has 0 aromatic heterocycles. The maximum absolute atomic E-state index is 15.1. The zero-order chi connectivity index (χ0) is 56.9. The first-order valence-electron chi connectivity index (χ1n) is 29.0. The summed E-state index contributed by atoms with van der Waals surface area (Å²) in [6.45, 7) is 4.42. The number of esters is 2. The van der Waals surface area contributed by atoms with E-state index in [0.29, 0.717) is 45.1 Å². The van der Waals surface area contributed by atoms with E-state index in [9.17, 15) is 9.59 Å². The number of aryl methyl sites for hydroxylation is 2. The predicted octanol–water partition coefficient (Wildman–Crippen LogP) is 16.3. The largest absolute Gasteiger partial charge is 0.423 e. The Morgan fingerprint density at radius 1 is 0.366 bits per heavy atom. The standard InChI is InChI=1S/C74H70N2O6/c1-3-5-7-9-13-23-55-29-37-61(38-30-55)73(79)81-65-49-41-59(42-50-65)67-69(71(77)75-63-45-33-57(34-46-63)27-25-53-19-15-11-16-20-53)68(70(67)72(78)76-64-47-35-58(36-48-64)28-26-54-21-17-12-18-22-54)60-43-51-66(52-44-60)82-74(80)62-39-31-56(32-40-62)24-14-10-8-6-4-2/h11-12,15-22,29-52,67-70H,3-10,13-14,23-24H2,1-2H3,(H,75,77)(H,76,78). The van der Waals surface area contributed by atoms with Crippen LogP contribution in [0.4, 0.5) is 11.4 Å². The van der Waals surface area contributed by atoms with E-state index in [0.717, 1.165) is 47.9 Å². The number of unbranched alkanes of at least 4 members (excludes halogenated alkanes) is 8. The van der Waals surface area contributed by atoms with Crippen molar-refractivity contribution in [2.24, 2.45) is 11.8 Å². The van der Waals surface area contributed by atoms with Crippen LogP contribution in [0.5, 0.6) is 11.5 Å². The predicted molar refractivity (Wildman–Crippen MR) is 328 cm³/mol. The van der Waals surface area contributed by atoms with Crippen LogP contribution >= 0.6 is 0 Å². The van der Waals surface area contributed by atoms with Crippen LogP contribution in [0.1, 0.15) is 155 Å². The molecule has 1 aliphatic rings. The van der Waals surface area contributed by atoms with Crippen LogP contribution in [-0.2, 0) is 22.4 Å². The van der Waals surface area contributed by atoms with E-state index < -0.39 is 35.6 Å². The van der Waals surface area contributed by atoms with Crippen molar-refractivity contribution in [2.45, 2.75) is 103 Å². The normalized spacial score (nSPS) is 15.0. The van der Waals surface area contributed by atoms with Gasteiger partial charge in [0, 0.05) is 45.5 Å². The molecule has 0 atom stereocenters. The number of ether oxygens (including phenoxy) is 2. The summed E-state index contributed by atoms with van der Waals surface area (Å²) < 4.78 is 11.8. The molecule has 8 aromatic rings. The zero-order valence-electron chi connectivity index (χ0n) is 46.9. The first-order valence-corrected chi connectivity index (χ1v) is 29.0. The first kappa shape index (κ1) is 57.4. The molecule has 82 heavy (non-hydrogen) atoms. The molecule has 1 fully saturated rings. The molecule has 2 N–H and O–H groups in total. The number of carbonyl (C=O) groups is 4. The SMILES string of the molecule is CCCCCCCc1ccc(C(=O)Oc2ccc(C3C(C(=O)Nc4ccc(C#Cc5ccccc5)cc4)C(c4ccc(OC(=O)c5ccc(CCCCCCC)cc5)cc4)C3C(=O)Nc3ccc(C#Cc4ccccc4)cc3)cc2)cc1. The van der Waals surface area contributed by atoms with Crippen LogP contribution in [0.2, 0.25) is 0 Å². The highest BCUT2D eigenvalue weighted by Gasteiger charge is 2.58. The molecule has 8 aromatic carbocycles. The smallest absolute Gasteiger partial charge is 0.343 e. The minimum absolute atomic E-state index is 0.289. The van der Waals surface area contributed by atoms with Gasteiger partial charge in [0.05, 0.1) is 23.0 Å². The van der Waals surface area contributed by atoms with Crippen LogP contribution in [0.15, 0.2) is 206 Å². The summed E-state index contributed by atoms with van der Waals surface area (Å²) in [6.07, 6.45) is 13.9. The third kappa shape index (κ3) is 16.0. The van der Waals surface area contributed by atoms with Crippen molar-refractivity contribution in [3.05, 3.63) is 262 Å². The minimum Gasteiger partial charge on any atom is -0.423 e. The number of benzene rings is 8. The van der Waals surface area contributed by atoms with Crippen molar-refractivity contribution in [3.8, 4) is 35.2 Å². The van der Waals surface area contributed by atoms with E-state index in [1.165, 1.54) is 62.5 Å². The summed E-state index contributed by atoms with van der Waals surface area (Å²) in [4.78, 5) is 57.0. The Balaban J connectivity index is 0.985. The zero-order valence-corrected chi connectivity index (χ0v) is 46.9. The molecule has 8 nitrogen and oxygen atoms in total. The van der Waals surface area contributed by atoms with Gasteiger partial charge < -0.3 is 20.1 Å². The van der Waals surface area contributed by atoms with Crippen LogP contribution in [0.25, 0.3) is 0 Å². The number of rotatable bonds is 22. The molecule has 0 aliphatic heterocycles. The highest BCUT2D eigenvalue weighted by atomic mass is 16.5. The Labute approximate surface area is 483 Å². The maximum atomic E-state index is 15.1. The molecule has 0 bridgehead atoms. The molecular weight excluding hydrogens is 1010 g/mol. The van der Waals surface area contributed by atoms with Gasteiger partial charge >= 0.3 is 11.9 Å². The summed E-state index contributed by atoms with van der Waals surface area (Å²) in [5.74, 6) is 9.10. The lowest BCUT2D eigenvalue weighted by molar-refractivity contribution is -0.134. The molecule has 1 aliphatic carbocycles. The lowest BCUT2D eigenvalue weighted by atomic mass is 9.52. The number of carbonyl (C=O) groups excluding carboxylic acids is 4. The molecule has 0 spiro atoms. The fraction of sp³-hybridized carbons (Fsp3) is 0.243. The van der Waals surface area contributed by atoms with Crippen molar-refractivity contribution >= 4 is 35.1 Å². The Kier molecular flexibility index (Phi) is 20.5. The van der Waals surface area contributed by atoms with Crippen molar-refractivity contribution in [1.82, 2.24) is 0 Å². The fourth-order valence-corrected chi connectivity index (χ4v) is 10.6. The summed E-state index contributed by atoms with van der Waals surface area (Å²) in [5, 5.41) is 6.34. The Bertz CT molecular complexity index is 3250. The molecule has 9 rings (SSSR count). The Morgan fingerprint density at radius 3 is 1.04 bits per heavy atom. The average molecular weight is 1080 g/mol. The molecule has 0 unspecified atom stereocenters. The van der Waals surface area contributed by atoms with Gasteiger partial charge in [-0.05, 0) is 169 Å². The van der Waals surface area contributed by atoms with Crippen molar-refractivity contribution in [3.63, 3.8) is 0 Å².